The molecule has 0 radical (unpaired) electrons. The molecule has 104 valence electrons. The summed E-state index contributed by atoms with van der Waals surface area (Å²) in [6.07, 6.45) is 0.483. The molecule has 2 amide bonds. The van der Waals surface area contributed by atoms with Crippen LogP contribution in [0.15, 0.2) is 24.3 Å². The van der Waals surface area contributed by atoms with Crippen LogP contribution in [0.25, 0.3) is 0 Å². The van der Waals surface area contributed by atoms with Crippen LogP contribution in [-0.2, 0) is 4.79 Å². The fourth-order valence-corrected chi connectivity index (χ4v) is 1.58. The summed E-state index contributed by atoms with van der Waals surface area (Å²) >= 11 is 5.71. The summed E-state index contributed by atoms with van der Waals surface area (Å²) < 4.78 is 0. The van der Waals surface area contributed by atoms with Gasteiger partial charge in [0.1, 0.15) is 0 Å². The Hall–Kier alpha value is -1.59. The van der Waals surface area contributed by atoms with Crippen LogP contribution in [-0.4, -0.2) is 36.1 Å². The number of aliphatic hydroxyl groups is 1. The first-order valence-corrected chi connectivity index (χ1v) is 6.34. The van der Waals surface area contributed by atoms with Gasteiger partial charge in [-0.25, -0.2) is 0 Å². The zero-order valence-corrected chi connectivity index (χ0v) is 11.4. The van der Waals surface area contributed by atoms with Gasteiger partial charge in [0.2, 0.25) is 5.91 Å². The van der Waals surface area contributed by atoms with Crippen molar-refractivity contribution in [2.24, 2.45) is 0 Å². The van der Waals surface area contributed by atoms with E-state index in [2.05, 4.69) is 10.6 Å². The molecule has 1 aromatic carbocycles. The van der Waals surface area contributed by atoms with Crippen LogP contribution >= 0.6 is 11.6 Å². The van der Waals surface area contributed by atoms with Crippen molar-refractivity contribution < 1.29 is 14.7 Å². The van der Waals surface area contributed by atoms with Gasteiger partial charge in [-0.2, -0.15) is 0 Å². The lowest BCUT2D eigenvalue weighted by molar-refractivity contribution is -0.120. The molecule has 1 rings (SSSR count). The summed E-state index contributed by atoms with van der Waals surface area (Å²) in [7, 11) is 0. The normalized spacial score (nSPS) is 11.7. The molecular weight excluding hydrogens is 268 g/mol. The van der Waals surface area contributed by atoms with Gasteiger partial charge in [-0.05, 0) is 37.6 Å². The van der Waals surface area contributed by atoms with Gasteiger partial charge in [-0.3, -0.25) is 9.59 Å². The SMILES string of the molecule is CC(CCO)NC(=O)CNC(=O)c1ccc(Cl)cc1. The lowest BCUT2D eigenvalue weighted by Gasteiger charge is -2.12. The Morgan fingerprint density at radius 1 is 1.32 bits per heavy atom. The van der Waals surface area contributed by atoms with E-state index in [0.717, 1.165) is 0 Å². The smallest absolute Gasteiger partial charge is 0.251 e. The minimum Gasteiger partial charge on any atom is -0.396 e. The van der Waals surface area contributed by atoms with Gasteiger partial charge in [0.05, 0.1) is 6.54 Å². The van der Waals surface area contributed by atoms with Crippen LogP contribution in [0.3, 0.4) is 0 Å². The van der Waals surface area contributed by atoms with Crippen molar-refractivity contribution in [2.45, 2.75) is 19.4 Å². The van der Waals surface area contributed by atoms with Gasteiger partial charge < -0.3 is 15.7 Å². The third-order valence-electron chi connectivity index (χ3n) is 2.49. The standard InChI is InChI=1S/C13H17ClN2O3/c1-9(6-7-17)16-12(18)8-15-13(19)10-2-4-11(14)5-3-10/h2-5,9,17H,6-8H2,1H3,(H,15,19)(H,16,18). The predicted octanol–water partition coefficient (Wildman–Crippen LogP) is 0.957. The highest BCUT2D eigenvalue weighted by Gasteiger charge is 2.09. The number of halogens is 1. The van der Waals surface area contributed by atoms with Crippen LogP contribution in [0.2, 0.25) is 5.02 Å². The van der Waals surface area contributed by atoms with Crippen molar-refractivity contribution >= 4 is 23.4 Å². The topological polar surface area (TPSA) is 78.4 Å². The number of nitrogens with one attached hydrogen (secondary N) is 2. The van der Waals surface area contributed by atoms with Gasteiger partial charge >= 0.3 is 0 Å². The number of benzene rings is 1. The minimum atomic E-state index is -0.332. The van der Waals surface area contributed by atoms with Crippen LogP contribution in [0.4, 0.5) is 0 Å². The van der Waals surface area contributed by atoms with Crippen molar-refractivity contribution in [1.29, 1.82) is 0 Å². The summed E-state index contributed by atoms with van der Waals surface area (Å²) in [4.78, 5) is 23.2. The van der Waals surface area contributed by atoms with Gasteiger partial charge in [0.15, 0.2) is 0 Å². The van der Waals surface area contributed by atoms with Gasteiger partial charge in [0.25, 0.3) is 5.91 Å². The Morgan fingerprint density at radius 3 is 2.53 bits per heavy atom. The molecule has 0 aromatic heterocycles. The second-order valence-electron chi connectivity index (χ2n) is 4.17. The first-order chi connectivity index (χ1) is 9.02. The monoisotopic (exact) mass is 284 g/mol. The first kappa shape index (κ1) is 15.5. The molecule has 1 atom stereocenters. The summed E-state index contributed by atoms with van der Waals surface area (Å²) in [5.74, 6) is -0.620. The zero-order valence-electron chi connectivity index (χ0n) is 10.6. The number of hydrogen-bond acceptors (Lipinski definition) is 3. The lowest BCUT2D eigenvalue weighted by Crippen LogP contribution is -2.41. The number of hydrogen-bond donors (Lipinski definition) is 3. The molecule has 0 spiro atoms. The van der Waals surface area contributed by atoms with E-state index in [9.17, 15) is 9.59 Å². The van der Waals surface area contributed by atoms with E-state index < -0.39 is 0 Å². The molecule has 19 heavy (non-hydrogen) atoms. The van der Waals surface area contributed by atoms with E-state index in [1.165, 1.54) is 0 Å². The van der Waals surface area contributed by atoms with E-state index in [1.54, 1.807) is 31.2 Å². The maximum absolute atomic E-state index is 11.7. The second kappa shape index (κ2) is 7.76. The minimum absolute atomic E-state index is 0.0125. The molecule has 5 nitrogen and oxygen atoms in total. The summed E-state index contributed by atoms with van der Waals surface area (Å²) in [5.41, 5.74) is 0.445. The largest absolute Gasteiger partial charge is 0.396 e. The highest BCUT2D eigenvalue weighted by molar-refractivity contribution is 6.30. The molecule has 3 N–H and O–H groups in total. The highest BCUT2D eigenvalue weighted by Crippen LogP contribution is 2.09. The first-order valence-electron chi connectivity index (χ1n) is 5.97. The van der Waals surface area contributed by atoms with E-state index in [1.807, 2.05) is 0 Å². The predicted molar refractivity (Wildman–Crippen MR) is 73.1 cm³/mol. The number of rotatable bonds is 6. The van der Waals surface area contributed by atoms with Crippen molar-refractivity contribution in [3.63, 3.8) is 0 Å². The van der Waals surface area contributed by atoms with Gasteiger partial charge in [-0.1, -0.05) is 11.6 Å². The summed E-state index contributed by atoms with van der Waals surface area (Å²) in [6, 6.07) is 6.28. The van der Waals surface area contributed by atoms with E-state index >= 15 is 0 Å². The lowest BCUT2D eigenvalue weighted by atomic mass is 10.2. The fraction of sp³-hybridized carbons (Fsp3) is 0.385. The van der Waals surface area contributed by atoms with Crippen molar-refractivity contribution in [3.05, 3.63) is 34.9 Å². The number of amides is 2. The Labute approximate surface area is 117 Å². The van der Waals surface area contributed by atoms with E-state index in [0.29, 0.717) is 17.0 Å². The van der Waals surface area contributed by atoms with Gasteiger partial charge in [-0.15, -0.1) is 0 Å². The van der Waals surface area contributed by atoms with Crippen LogP contribution in [0, 0.1) is 0 Å². The number of aliphatic hydroxyl groups excluding tert-OH is 1. The third kappa shape index (κ3) is 5.72. The van der Waals surface area contributed by atoms with E-state index in [4.69, 9.17) is 16.7 Å². The molecule has 0 fully saturated rings. The molecule has 0 aliphatic rings. The molecule has 1 unspecified atom stereocenters. The Kier molecular flexibility index (Phi) is 6.32. The Morgan fingerprint density at radius 2 is 1.95 bits per heavy atom. The third-order valence-corrected chi connectivity index (χ3v) is 2.74. The average Bonchev–Trinajstić information content (AvgIpc) is 2.37. The van der Waals surface area contributed by atoms with Crippen LogP contribution < -0.4 is 10.6 Å². The highest BCUT2D eigenvalue weighted by atomic mass is 35.5. The van der Waals surface area contributed by atoms with E-state index in [-0.39, 0.29) is 31.0 Å². The number of carbonyl (C=O) groups is 2. The molecule has 0 aliphatic carbocycles. The Balaban J connectivity index is 2.37. The van der Waals surface area contributed by atoms with Crippen molar-refractivity contribution in [2.75, 3.05) is 13.2 Å². The van der Waals surface area contributed by atoms with Crippen molar-refractivity contribution in [3.8, 4) is 0 Å². The summed E-state index contributed by atoms with van der Waals surface area (Å²) in [6.45, 7) is 1.70. The second-order valence-corrected chi connectivity index (χ2v) is 4.61. The average molecular weight is 285 g/mol. The molecule has 0 heterocycles. The summed E-state index contributed by atoms with van der Waals surface area (Å²) in [5, 5.41) is 14.4. The van der Waals surface area contributed by atoms with Crippen LogP contribution in [0.1, 0.15) is 23.7 Å². The quantitative estimate of drug-likeness (QED) is 0.728. The molecular formula is C13H17ClN2O3. The molecule has 6 heteroatoms. The zero-order chi connectivity index (χ0) is 14.3. The fourth-order valence-electron chi connectivity index (χ4n) is 1.46. The molecule has 0 saturated carbocycles. The molecule has 0 aliphatic heterocycles. The molecule has 0 saturated heterocycles. The van der Waals surface area contributed by atoms with Gasteiger partial charge in [0, 0.05) is 23.2 Å². The van der Waals surface area contributed by atoms with Crippen molar-refractivity contribution in [1.82, 2.24) is 10.6 Å². The maximum Gasteiger partial charge on any atom is 0.251 e. The maximum atomic E-state index is 11.7. The molecule has 1 aromatic rings. The van der Waals surface area contributed by atoms with Crippen LogP contribution in [0.5, 0.6) is 0 Å². The molecule has 0 bridgehead atoms. The Bertz CT molecular complexity index is 434. The number of carbonyl (C=O) groups excluding carboxylic acids is 2.